The lowest BCUT2D eigenvalue weighted by atomic mass is 9.33. The summed E-state index contributed by atoms with van der Waals surface area (Å²) in [6.45, 7) is 30.1. The summed E-state index contributed by atoms with van der Waals surface area (Å²) in [7, 11) is 0. The Hall–Kier alpha value is -5.26. The number of benzene rings is 5. The van der Waals surface area contributed by atoms with Crippen LogP contribution in [0.15, 0.2) is 112 Å². The maximum absolute atomic E-state index is 6.98. The first-order chi connectivity index (χ1) is 33.7. The van der Waals surface area contributed by atoms with Gasteiger partial charge in [0.15, 0.2) is 0 Å². The molecule has 2 atom stereocenters. The number of anilines is 3. The molecule has 0 amide bonds. The van der Waals surface area contributed by atoms with Crippen LogP contribution in [0, 0.1) is 0 Å². The van der Waals surface area contributed by atoms with E-state index in [9.17, 15) is 0 Å². The van der Waals surface area contributed by atoms with Crippen LogP contribution in [0.25, 0.3) is 37.5 Å². The van der Waals surface area contributed by atoms with Gasteiger partial charge >= 0.3 is 0 Å². The van der Waals surface area contributed by atoms with Gasteiger partial charge in [0.05, 0.1) is 17.4 Å². The minimum atomic E-state index is 0.0525. The Kier molecular flexibility index (Phi) is 9.07. The van der Waals surface area contributed by atoms with Crippen molar-refractivity contribution in [1.29, 1.82) is 0 Å². The Morgan fingerprint density at radius 2 is 1.32 bits per heavy atom. The summed E-state index contributed by atoms with van der Waals surface area (Å²) in [5.74, 6) is 1.68. The van der Waals surface area contributed by atoms with Gasteiger partial charge in [0.2, 0.25) is 0 Å². The number of nitrogens with zero attached hydrogens (tertiary/aromatic N) is 2. The van der Waals surface area contributed by atoms with Gasteiger partial charge in [-0.15, -0.1) is 11.3 Å². The van der Waals surface area contributed by atoms with E-state index in [-0.39, 0.29) is 39.8 Å². The molecule has 0 radical (unpaired) electrons. The van der Waals surface area contributed by atoms with Crippen molar-refractivity contribution >= 4 is 82.9 Å². The molecule has 0 bridgehead atoms. The number of aryl methyl sites for hydroxylation is 1. The summed E-state index contributed by atoms with van der Waals surface area (Å²) in [5, 5.41) is 5.17. The SMILES string of the molecule is CC1=CC2=C3B(c4cc5c(cc4N2C2=CCCc4oc6cc7ccccc7cc6c42)C(C)(C)CCC5(C)C)c2sc4cc5c(cc4c2N(c2ccc4c(c2)C(C)(C)CCC4C)C3C1)C(C)(C)CCC5(C)C. The van der Waals surface area contributed by atoms with Crippen LogP contribution >= 0.6 is 11.3 Å². The summed E-state index contributed by atoms with van der Waals surface area (Å²) in [5.41, 5.74) is 23.3. The number of allylic oxidation sites excluding steroid dienone is 2. The van der Waals surface area contributed by atoms with E-state index >= 15 is 0 Å². The monoisotopic (exact) mass is 951 g/mol. The molecule has 0 fully saturated rings. The maximum Gasteiger partial charge on any atom is 0.259 e. The molecule has 0 saturated carbocycles. The zero-order valence-electron chi connectivity index (χ0n) is 44.5. The molecule has 0 saturated heterocycles. The number of fused-ring (bicyclic) bond motifs is 13. The summed E-state index contributed by atoms with van der Waals surface area (Å²) < 4.78 is 9.95. The molecule has 7 aliphatic rings. The second-order valence-corrected chi connectivity index (χ2v) is 27.8. The number of rotatable bonds is 2. The molecule has 0 spiro atoms. The molecule has 3 nitrogen and oxygen atoms in total. The quantitative estimate of drug-likeness (QED) is 0.161. The maximum atomic E-state index is 6.98. The number of thiophene rings is 1. The Balaban J connectivity index is 1.10. The predicted molar refractivity (Wildman–Crippen MR) is 305 cm³/mol. The molecule has 2 aliphatic heterocycles. The van der Waals surface area contributed by atoms with Crippen molar-refractivity contribution in [2.45, 2.75) is 180 Å². The third-order valence-electron chi connectivity index (χ3n) is 19.7. The van der Waals surface area contributed by atoms with Crippen LogP contribution in [0.2, 0.25) is 0 Å². The van der Waals surface area contributed by atoms with Crippen LogP contribution in [0.3, 0.4) is 0 Å². The average Bonchev–Trinajstić information content (AvgIpc) is 3.89. The van der Waals surface area contributed by atoms with E-state index in [1.165, 1.54) is 120 Å². The van der Waals surface area contributed by atoms with Crippen molar-refractivity contribution in [3.63, 3.8) is 0 Å². The molecule has 2 unspecified atom stereocenters. The molecule has 360 valence electrons. The molecular weight excluding hydrogens is 880 g/mol. The van der Waals surface area contributed by atoms with Gasteiger partial charge in [-0.1, -0.05) is 124 Å². The third kappa shape index (κ3) is 6.20. The van der Waals surface area contributed by atoms with Gasteiger partial charge in [-0.2, -0.15) is 0 Å². The van der Waals surface area contributed by atoms with Gasteiger partial charge in [0, 0.05) is 49.3 Å². The van der Waals surface area contributed by atoms with Crippen LogP contribution in [0.1, 0.15) is 185 Å². The van der Waals surface area contributed by atoms with Crippen molar-refractivity contribution in [1.82, 2.24) is 0 Å². The topological polar surface area (TPSA) is 19.6 Å². The van der Waals surface area contributed by atoms with Gasteiger partial charge in [-0.25, -0.2) is 0 Å². The summed E-state index contributed by atoms with van der Waals surface area (Å²) in [4.78, 5) is 5.67. The van der Waals surface area contributed by atoms with Gasteiger partial charge in [-0.3, -0.25) is 0 Å². The van der Waals surface area contributed by atoms with Crippen LogP contribution in [-0.4, -0.2) is 12.8 Å². The third-order valence-corrected chi connectivity index (χ3v) is 21.0. The minimum absolute atomic E-state index is 0.0525. The molecule has 7 aromatic rings. The lowest BCUT2D eigenvalue weighted by molar-refractivity contribution is 0.332. The van der Waals surface area contributed by atoms with Crippen molar-refractivity contribution in [3.8, 4) is 0 Å². The van der Waals surface area contributed by atoms with Crippen LogP contribution in [-0.2, 0) is 33.5 Å². The van der Waals surface area contributed by atoms with Crippen molar-refractivity contribution in [2.24, 2.45) is 0 Å². The highest BCUT2D eigenvalue weighted by Crippen LogP contribution is 2.57. The normalized spacial score (nSPS) is 23.9. The first-order valence-corrected chi connectivity index (χ1v) is 28.1. The summed E-state index contributed by atoms with van der Waals surface area (Å²) >= 11 is 2.11. The van der Waals surface area contributed by atoms with E-state index in [1.807, 2.05) is 0 Å². The molecule has 2 aromatic heterocycles. The first kappa shape index (κ1) is 44.4. The Morgan fingerprint density at radius 1 is 0.676 bits per heavy atom. The lowest BCUT2D eigenvalue weighted by Gasteiger charge is -2.51. The number of furan rings is 1. The fraction of sp³-hybridized carbons (Fsp3) is 0.424. The minimum Gasteiger partial charge on any atom is -0.460 e. The van der Waals surface area contributed by atoms with E-state index in [0.717, 1.165) is 30.6 Å². The summed E-state index contributed by atoms with van der Waals surface area (Å²) in [6.07, 6.45) is 15.3. The highest BCUT2D eigenvalue weighted by atomic mass is 32.1. The molecule has 4 heterocycles. The van der Waals surface area contributed by atoms with Crippen molar-refractivity contribution in [2.75, 3.05) is 9.80 Å². The van der Waals surface area contributed by atoms with E-state index in [1.54, 1.807) is 33.3 Å². The molecule has 5 aliphatic carbocycles. The van der Waals surface area contributed by atoms with E-state index in [0.29, 0.717) is 5.92 Å². The van der Waals surface area contributed by atoms with E-state index in [2.05, 4.69) is 195 Å². The molecule has 5 heteroatoms. The van der Waals surface area contributed by atoms with Gasteiger partial charge < -0.3 is 14.2 Å². The lowest BCUT2D eigenvalue weighted by Crippen LogP contribution is -2.61. The van der Waals surface area contributed by atoms with Gasteiger partial charge in [0.1, 0.15) is 11.3 Å². The standard InChI is InChI=1S/C66H71BN2OS/c1-37-28-53-59-54(29-37)69(51-18-15-19-55-58(51)43-30-39-16-13-14-17-40(39)31-56(43)70-55)52-35-48-47(64(7,8)25-26-65(48,9)10)34-50(52)67(59)61-60(68(53)41-20-21-42-38(2)22-23-62(3,4)45(42)32-41)44-33-46-49(36-57(44)71-61)66(11,12)27-24-63(46,5)6/h13-14,16-18,20-21,29-36,38,53H,15,19,22-28H2,1-12H3. The fourth-order valence-electron chi connectivity index (χ4n) is 15.2. The molecule has 71 heavy (non-hydrogen) atoms. The molecule has 14 rings (SSSR count). The highest BCUT2D eigenvalue weighted by molar-refractivity contribution is 7.32. The molecule has 5 aromatic carbocycles. The largest absolute Gasteiger partial charge is 0.460 e. The second kappa shape index (κ2) is 14.5. The smallest absolute Gasteiger partial charge is 0.259 e. The van der Waals surface area contributed by atoms with Crippen LogP contribution in [0.5, 0.6) is 0 Å². The van der Waals surface area contributed by atoms with Crippen LogP contribution < -0.4 is 20.0 Å². The molecule has 0 N–H and O–H groups in total. The second-order valence-electron chi connectivity index (χ2n) is 26.7. The summed E-state index contributed by atoms with van der Waals surface area (Å²) in [6, 6.07) is 32.2. The van der Waals surface area contributed by atoms with E-state index < -0.39 is 0 Å². The number of hydrogen-bond acceptors (Lipinski definition) is 4. The zero-order chi connectivity index (χ0) is 49.1. The van der Waals surface area contributed by atoms with E-state index in [4.69, 9.17) is 4.42 Å². The zero-order valence-corrected chi connectivity index (χ0v) is 45.3. The Morgan fingerprint density at radius 3 is 2.04 bits per heavy atom. The van der Waals surface area contributed by atoms with Gasteiger partial charge in [-0.05, 0) is 195 Å². The van der Waals surface area contributed by atoms with Crippen molar-refractivity contribution < 1.29 is 4.42 Å². The van der Waals surface area contributed by atoms with Crippen molar-refractivity contribution in [3.05, 3.63) is 152 Å². The Labute approximate surface area is 427 Å². The fourth-order valence-corrected chi connectivity index (χ4v) is 16.5. The van der Waals surface area contributed by atoms with Gasteiger partial charge in [0.25, 0.3) is 6.71 Å². The predicted octanol–water partition coefficient (Wildman–Crippen LogP) is 16.8. The average molecular weight is 951 g/mol. The number of hydrogen-bond donors (Lipinski definition) is 0. The molecular formula is C66H71BN2OS. The first-order valence-electron chi connectivity index (χ1n) is 27.3. The Bertz CT molecular complexity index is 3620. The van der Waals surface area contributed by atoms with Crippen LogP contribution in [0.4, 0.5) is 17.1 Å². The highest BCUT2D eigenvalue weighted by Gasteiger charge is 2.53.